The van der Waals surface area contributed by atoms with Crippen molar-refractivity contribution in [3.8, 4) is 0 Å². The van der Waals surface area contributed by atoms with Crippen LogP contribution in [0.3, 0.4) is 0 Å². The van der Waals surface area contributed by atoms with Crippen LogP contribution in [-0.2, 0) is 21.1 Å². The van der Waals surface area contributed by atoms with Crippen LogP contribution in [0.4, 0.5) is 0 Å². The molecule has 8 bridgehead atoms. The molecule has 0 amide bonds. The minimum atomic E-state index is 0. The van der Waals surface area contributed by atoms with E-state index in [1.54, 1.807) is 0 Å². The van der Waals surface area contributed by atoms with Gasteiger partial charge < -0.3 is 9.38 Å². The van der Waals surface area contributed by atoms with Gasteiger partial charge in [-0.1, -0.05) is 66.7 Å². The Labute approximate surface area is 236 Å². The Morgan fingerprint density at radius 1 is 0.513 bits per heavy atom. The van der Waals surface area contributed by atoms with Crippen LogP contribution in [0, 0.1) is 6.07 Å². The van der Waals surface area contributed by atoms with Crippen molar-refractivity contribution in [3.05, 3.63) is 115 Å². The maximum Gasteiger partial charge on any atom is 2.00 e. The quantitative estimate of drug-likeness (QED) is 0.152. The van der Waals surface area contributed by atoms with Crippen molar-refractivity contribution in [1.29, 1.82) is 0 Å². The van der Waals surface area contributed by atoms with E-state index in [-0.39, 0.29) is 21.1 Å². The van der Waals surface area contributed by atoms with Gasteiger partial charge in [0, 0.05) is 10.8 Å². The van der Waals surface area contributed by atoms with Crippen LogP contribution in [0.5, 0.6) is 0 Å². The molecule has 5 aromatic heterocycles. The zero-order chi connectivity index (χ0) is 24.8. The van der Waals surface area contributed by atoms with E-state index in [2.05, 4.69) is 114 Å². The minimum absolute atomic E-state index is 0. The third-order valence-corrected chi connectivity index (χ3v) is 7.71. The molecule has 4 aromatic carbocycles. The first-order valence-electron chi connectivity index (χ1n) is 12.7. The summed E-state index contributed by atoms with van der Waals surface area (Å²) in [5.41, 5.74) is 7.55. The van der Waals surface area contributed by atoms with Crippen LogP contribution in [0.2, 0.25) is 0 Å². The molecule has 39 heavy (non-hydrogen) atoms. The predicted octanol–water partition coefficient (Wildman–Crippen LogP) is 8.12. The Kier molecular flexibility index (Phi) is 4.74. The van der Waals surface area contributed by atoms with Crippen molar-refractivity contribution < 1.29 is 21.1 Å². The number of fused-ring (bicyclic) bond motifs is 13. The number of benzene rings is 4. The Bertz CT molecular complexity index is 2470. The molecule has 0 atom stereocenters. The van der Waals surface area contributed by atoms with Gasteiger partial charge in [0.15, 0.2) is 0 Å². The van der Waals surface area contributed by atoms with Gasteiger partial charge in [0.1, 0.15) is 5.65 Å². The van der Waals surface area contributed by atoms with Crippen molar-refractivity contribution in [2.75, 3.05) is 0 Å². The SMILES string of the molecule is [Pt+2].[c-]1c2cccc1n1c3ccccc3c3ccc(nc31)c1cccc3c4cccc(c5cccc2n5)c4[n-]c13. The Morgan fingerprint density at radius 3 is 1.97 bits per heavy atom. The van der Waals surface area contributed by atoms with Gasteiger partial charge in [-0.15, -0.1) is 40.7 Å². The second-order valence-electron chi connectivity index (χ2n) is 9.79. The minimum Gasteiger partial charge on any atom is -0.656 e. The van der Waals surface area contributed by atoms with Gasteiger partial charge in [0.25, 0.3) is 0 Å². The average Bonchev–Trinajstić information content (AvgIpc) is 3.52. The first-order chi connectivity index (χ1) is 18.8. The normalized spacial score (nSPS) is 11.9. The molecule has 5 heterocycles. The number of hydrogen-bond donors (Lipinski definition) is 0. The van der Waals surface area contributed by atoms with E-state index in [4.69, 9.17) is 15.0 Å². The second-order valence-corrected chi connectivity index (χ2v) is 9.79. The van der Waals surface area contributed by atoms with Gasteiger partial charge in [-0.25, -0.2) is 4.98 Å². The van der Waals surface area contributed by atoms with E-state index < -0.39 is 0 Å². The molecule has 0 saturated heterocycles. The molecule has 0 radical (unpaired) electrons. The van der Waals surface area contributed by atoms with Crippen molar-refractivity contribution in [3.63, 3.8) is 0 Å². The zero-order valence-electron chi connectivity index (χ0n) is 20.5. The number of para-hydroxylation sites is 3. The van der Waals surface area contributed by atoms with E-state index in [0.717, 1.165) is 76.6 Å². The topological polar surface area (TPSA) is 44.3 Å². The third-order valence-electron chi connectivity index (χ3n) is 7.71. The maximum absolute atomic E-state index is 5.29. The van der Waals surface area contributed by atoms with E-state index in [1.165, 1.54) is 5.39 Å². The Hall–Kier alpha value is -4.53. The third kappa shape index (κ3) is 3.10. The Morgan fingerprint density at radius 2 is 1.15 bits per heavy atom. The van der Waals surface area contributed by atoms with Gasteiger partial charge in [-0.3, -0.25) is 4.98 Å². The predicted molar refractivity (Wildman–Crippen MR) is 156 cm³/mol. The molecule has 5 heteroatoms. The molecular weight excluding hydrogens is 659 g/mol. The number of nitrogens with zero attached hydrogens (tertiary/aromatic N) is 4. The van der Waals surface area contributed by atoms with Crippen LogP contribution in [0.25, 0.3) is 82.0 Å². The van der Waals surface area contributed by atoms with Crippen molar-refractivity contribution in [2.24, 2.45) is 0 Å². The summed E-state index contributed by atoms with van der Waals surface area (Å²) in [5.74, 6) is 0. The largest absolute Gasteiger partial charge is 2.00 e. The van der Waals surface area contributed by atoms with Crippen molar-refractivity contribution >= 4 is 82.0 Å². The molecule has 0 N–H and O–H groups in total. The summed E-state index contributed by atoms with van der Waals surface area (Å²) in [7, 11) is 0. The summed E-state index contributed by atoms with van der Waals surface area (Å²) >= 11 is 0. The van der Waals surface area contributed by atoms with Gasteiger partial charge >= 0.3 is 21.1 Å². The molecule has 9 aromatic rings. The van der Waals surface area contributed by atoms with Crippen molar-refractivity contribution in [1.82, 2.24) is 19.4 Å². The first kappa shape index (κ1) is 22.5. The maximum atomic E-state index is 5.29. The van der Waals surface area contributed by atoms with Gasteiger partial charge in [-0.2, -0.15) is 0 Å². The van der Waals surface area contributed by atoms with Crippen LogP contribution in [0.15, 0.2) is 109 Å². The van der Waals surface area contributed by atoms with E-state index in [1.807, 2.05) is 6.07 Å². The van der Waals surface area contributed by atoms with E-state index in [0.29, 0.717) is 0 Å². The van der Waals surface area contributed by atoms with Crippen LogP contribution >= 0.6 is 0 Å². The molecular formula is C34H18N4Pt. The monoisotopic (exact) mass is 677 g/mol. The molecule has 0 fully saturated rings. The number of pyridine rings is 2. The second kappa shape index (κ2) is 8.23. The summed E-state index contributed by atoms with van der Waals surface area (Å²) in [6.45, 7) is 0. The van der Waals surface area contributed by atoms with E-state index in [9.17, 15) is 0 Å². The molecule has 184 valence electrons. The molecule has 0 aliphatic heterocycles. The fraction of sp³-hybridized carbons (Fsp3) is 0. The number of rotatable bonds is 0. The van der Waals surface area contributed by atoms with Gasteiger partial charge in [0.05, 0.1) is 16.6 Å². The van der Waals surface area contributed by atoms with Gasteiger partial charge in [0.2, 0.25) is 0 Å². The summed E-state index contributed by atoms with van der Waals surface area (Å²) in [6, 6.07) is 41.6. The standard InChI is InChI=1S/C34H18N4.Pt/c1-2-16-31-22(9-1)25-17-18-30-27-13-5-11-24-23-10-4-12-26(32(23)37-33(24)27)29-15-6-14-28(35-29)20-7-3-8-21(19-20)38(31)34(25)36-30;/h1-18H;/q-2;+2. The fourth-order valence-corrected chi connectivity index (χ4v) is 5.99. The fourth-order valence-electron chi connectivity index (χ4n) is 5.99. The first-order valence-corrected chi connectivity index (χ1v) is 12.7. The van der Waals surface area contributed by atoms with Gasteiger partial charge in [-0.05, 0) is 56.8 Å². The molecule has 0 spiro atoms. The number of aromatic nitrogens is 4. The molecule has 0 aliphatic carbocycles. The van der Waals surface area contributed by atoms with Crippen LogP contribution < -0.4 is 4.98 Å². The molecule has 0 aliphatic rings. The smallest absolute Gasteiger partial charge is 0.656 e. The number of hydrogen-bond acceptors (Lipinski definition) is 2. The Balaban J connectivity index is 0.00000235. The van der Waals surface area contributed by atoms with Crippen molar-refractivity contribution in [2.45, 2.75) is 0 Å². The summed E-state index contributed by atoms with van der Waals surface area (Å²) in [4.78, 5) is 15.6. The van der Waals surface area contributed by atoms with Crippen LogP contribution in [-0.4, -0.2) is 14.4 Å². The zero-order valence-corrected chi connectivity index (χ0v) is 22.8. The average molecular weight is 678 g/mol. The molecule has 0 unspecified atom stereocenters. The summed E-state index contributed by atoms with van der Waals surface area (Å²) < 4.78 is 2.22. The summed E-state index contributed by atoms with van der Waals surface area (Å²) in [6.07, 6.45) is 0. The molecule has 0 saturated carbocycles. The molecule has 4 nitrogen and oxygen atoms in total. The van der Waals surface area contributed by atoms with E-state index >= 15 is 0 Å². The molecule has 9 rings (SSSR count). The van der Waals surface area contributed by atoms with Crippen LogP contribution in [0.1, 0.15) is 0 Å². The summed E-state index contributed by atoms with van der Waals surface area (Å²) in [5, 5.41) is 7.53.